The highest BCUT2D eigenvalue weighted by Gasteiger charge is 2.34. The standard InChI is InChI=1S/C17H24BrF3N4/c1-3-25(12-4-6-24(7-5-12)10-17(19,20)21)16-11(2)14(18)8-15(23)13(16)9-22/h8-9,12,22H,3-7,10,23H2,1-2H3. The molecule has 0 atom stereocenters. The fraction of sp³-hybridized carbons (Fsp3) is 0.588. The van der Waals surface area contributed by atoms with Gasteiger partial charge < -0.3 is 16.0 Å². The molecule has 1 heterocycles. The van der Waals surface area contributed by atoms with Crippen LogP contribution in [0.15, 0.2) is 10.5 Å². The van der Waals surface area contributed by atoms with E-state index in [0.717, 1.165) is 15.7 Å². The quantitative estimate of drug-likeness (QED) is 0.554. The highest BCUT2D eigenvalue weighted by molar-refractivity contribution is 9.10. The second-order valence-electron chi connectivity index (χ2n) is 6.39. The molecular weight excluding hydrogens is 397 g/mol. The third kappa shape index (κ3) is 4.67. The van der Waals surface area contributed by atoms with Crippen molar-refractivity contribution in [3.63, 3.8) is 0 Å². The van der Waals surface area contributed by atoms with Gasteiger partial charge in [0.2, 0.25) is 0 Å². The van der Waals surface area contributed by atoms with Gasteiger partial charge in [0.25, 0.3) is 0 Å². The van der Waals surface area contributed by atoms with Gasteiger partial charge in [-0.3, -0.25) is 4.90 Å². The summed E-state index contributed by atoms with van der Waals surface area (Å²) in [6.45, 7) is 4.69. The lowest BCUT2D eigenvalue weighted by atomic mass is 9.98. The Hall–Kier alpha value is -1.28. The second kappa shape index (κ2) is 7.95. The lowest BCUT2D eigenvalue weighted by Crippen LogP contribution is -2.47. The van der Waals surface area contributed by atoms with Crippen LogP contribution in [0.5, 0.6) is 0 Å². The average Bonchev–Trinajstić information content (AvgIpc) is 2.53. The van der Waals surface area contributed by atoms with Crippen LogP contribution in [0.4, 0.5) is 24.5 Å². The number of nitrogens with zero attached hydrogens (tertiary/aromatic N) is 2. The van der Waals surface area contributed by atoms with E-state index in [1.54, 1.807) is 6.07 Å². The molecule has 1 saturated heterocycles. The van der Waals surface area contributed by atoms with E-state index >= 15 is 0 Å². The molecule has 0 bridgehead atoms. The molecule has 1 fully saturated rings. The fourth-order valence-corrected chi connectivity index (χ4v) is 3.97. The minimum absolute atomic E-state index is 0.139. The number of hydrogen-bond acceptors (Lipinski definition) is 4. The molecule has 0 aliphatic carbocycles. The lowest BCUT2D eigenvalue weighted by Gasteiger charge is -2.41. The Bertz CT molecular complexity index is 625. The molecule has 4 nitrogen and oxygen atoms in total. The lowest BCUT2D eigenvalue weighted by molar-refractivity contribution is -0.147. The highest BCUT2D eigenvalue weighted by Crippen LogP contribution is 2.37. The Morgan fingerprint density at radius 1 is 1.40 bits per heavy atom. The number of rotatable bonds is 5. The van der Waals surface area contributed by atoms with Gasteiger partial charge in [0.05, 0.1) is 12.2 Å². The predicted octanol–water partition coefficient (Wildman–Crippen LogP) is 4.19. The zero-order valence-electron chi connectivity index (χ0n) is 14.5. The number of piperidine rings is 1. The van der Waals surface area contributed by atoms with Crippen molar-refractivity contribution in [1.82, 2.24) is 4.90 Å². The Morgan fingerprint density at radius 2 is 2.00 bits per heavy atom. The molecule has 0 saturated carbocycles. The molecule has 0 unspecified atom stereocenters. The van der Waals surface area contributed by atoms with Crippen LogP contribution >= 0.6 is 15.9 Å². The van der Waals surface area contributed by atoms with Gasteiger partial charge in [-0.25, -0.2) is 0 Å². The van der Waals surface area contributed by atoms with Crippen LogP contribution in [0, 0.1) is 12.3 Å². The van der Waals surface area contributed by atoms with E-state index in [9.17, 15) is 13.2 Å². The number of anilines is 2. The largest absolute Gasteiger partial charge is 0.401 e. The first kappa shape index (κ1) is 20.0. The van der Waals surface area contributed by atoms with Crippen LogP contribution < -0.4 is 10.6 Å². The van der Waals surface area contributed by atoms with E-state index in [-0.39, 0.29) is 6.04 Å². The molecule has 1 aromatic rings. The molecule has 1 aliphatic heterocycles. The fourth-order valence-electron chi connectivity index (χ4n) is 3.54. The second-order valence-corrected chi connectivity index (χ2v) is 7.24. The molecule has 0 aromatic heterocycles. The maximum atomic E-state index is 12.6. The molecule has 0 radical (unpaired) electrons. The van der Waals surface area contributed by atoms with Crippen LogP contribution in [-0.4, -0.2) is 49.5 Å². The van der Waals surface area contributed by atoms with Gasteiger partial charge in [-0.05, 0) is 38.3 Å². The maximum Gasteiger partial charge on any atom is 0.401 e. The van der Waals surface area contributed by atoms with Crippen LogP contribution in [0.3, 0.4) is 0 Å². The summed E-state index contributed by atoms with van der Waals surface area (Å²) in [5.41, 5.74) is 9.16. The van der Waals surface area contributed by atoms with Crippen molar-refractivity contribution in [3.8, 4) is 0 Å². The smallest absolute Gasteiger partial charge is 0.398 e. The van der Waals surface area contributed by atoms with E-state index in [2.05, 4.69) is 20.8 Å². The summed E-state index contributed by atoms with van der Waals surface area (Å²) < 4.78 is 38.6. The Kier molecular flexibility index (Phi) is 6.37. The van der Waals surface area contributed by atoms with Crippen LogP contribution in [0.25, 0.3) is 0 Å². The van der Waals surface area contributed by atoms with E-state index in [1.807, 2.05) is 13.8 Å². The topological polar surface area (TPSA) is 56.4 Å². The number of nitrogen functional groups attached to an aromatic ring is 1. The van der Waals surface area contributed by atoms with Crippen molar-refractivity contribution in [3.05, 3.63) is 21.7 Å². The van der Waals surface area contributed by atoms with Gasteiger partial charge in [0.1, 0.15) is 0 Å². The number of hydrogen-bond donors (Lipinski definition) is 2. The molecular formula is C17H24BrF3N4. The highest BCUT2D eigenvalue weighted by atomic mass is 79.9. The van der Waals surface area contributed by atoms with Crippen molar-refractivity contribution >= 4 is 33.5 Å². The van der Waals surface area contributed by atoms with Gasteiger partial charge in [-0.1, -0.05) is 15.9 Å². The first-order valence-electron chi connectivity index (χ1n) is 8.32. The minimum Gasteiger partial charge on any atom is -0.398 e. The zero-order valence-corrected chi connectivity index (χ0v) is 16.0. The summed E-state index contributed by atoms with van der Waals surface area (Å²) >= 11 is 3.51. The zero-order chi connectivity index (χ0) is 18.8. The van der Waals surface area contributed by atoms with Gasteiger partial charge in [0.15, 0.2) is 0 Å². The molecule has 1 aliphatic rings. The van der Waals surface area contributed by atoms with Gasteiger partial charge in [-0.15, -0.1) is 0 Å². The third-order valence-corrected chi connectivity index (χ3v) is 5.56. The molecule has 2 rings (SSSR count). The summed E-state index contributed by atoms with van der Waals surface area (Å²) in [5.74, 6) is 0. The van der Waals surface area contributed by atoms with E-state index < -0.39 is 12.7 Å². The van der Waals surface area contributed by atoms with E-state index in [0.29, 0.717) is 43.7 Å². The Balaban J connectivity index is 2.23. The van der Waals surface area contributed by atoms with E-state index in [1.165, 1.54) is 11.1 Å². The number of halogens is 4. The summed E-state index contributed by atoms with van der Waals surface area (Å²) in [4.78, 5) is 3.64. The maximum absolute atomic E-state index is 12.6. The predicted molar refractivity (Wildman–Crippen MR) is 99.7 cm³/mol. The Morgan fingerprint density at radius 3 is 2.48 bits per heavy atom. The molecule has 25 heavy (non-hydrogen) atoms. The SMILES string of the molecule is CCN(c1c(C)c(Br)cc(N)c1C=N)C1CCN(CC(F)(F)F)CC1. The third-order valence-electron chi connectivity index (χ3n) is 4.73. The van der Waals surface area contributed by atoms with Gasteiger partial charge in [0, 0.05) is 47.6 Å². The number of likely N-dealkylation sites (tertiary alicyclic amines) is 1. The van der Waals surface area contributed by atoms with Crippen LogP contribution in [-0.2, 0) is 0 Å². The summed E-state index contributed by atoms with van der Waals surface area (Å²) in [5, 5.41) is 7.73. The summed E-state index contributed by atoms with van der Waals surface area (Å²) in [6, 6.07) is 1.93. The summed E-state index contributed by atoms with van der Waals surface area (Å²) in [6.07, 6.45) is -1.58. The molecule has 3 N–H and O–H groups in total. The first-order valence-corrected chi connectivity index (χ1v) is 9.12. The monoisotopic (exact) mass is 420 g/mol. The first-order chi connectivity index (χ1) is 11.7. The Labute approximate surface area is 154 Å². The van der Waals surface area contributed by atoms with Crippen LogP contribution in [0.2, 0.25) is 0 Å². The molecule has 140 valence electrons. The summed E-state index contributed by atoms with van der Waals surface area (Å²) in [7, 11) is 0. The van der Waals surface area contributed by atoms with Gasteiger partial charge >= 0.3 is 6.18 Å². The molecule has 8 heteroatoms. The molecule has 1 aromatic carbocycles. The van der Waals surface area contributed by atoms with Gasteiger partial charge in [-0.2, -0.15) is 13.2 Å². The van der Waals surface area contributed by atoms with Crippen molar-refractivity contribution in [2.75, 3.05) is 36.8 Å². The number of benzene rings is 1. The number of nitrogens with one attached hydrogen (secondary N) is 1. The van der Waals surface area contributed by atoms with Crippen molar-refractivity contribution in [2.24, 2.45) is 0 Å². The minimum atomic E-state index is -4.15. The van der Waals surface area contributed by atoms with Crippen LogP contribution in [0.1, 0.15) is 30.9 Å². The number of nitrogens with two attached hydrogens (primary N) is 1. The molecule has 0 amide bonds. The average molecular weight is 421 g/mol. The number of alkyl halides is 3. The molecule has 0 spiro atoms. The normalized spacial score (nSPS) is 16.9. The van der Waals surface area contributed by atoms with E-state index in [4.69, 9.17) is 11.1 Å². The van der Waals surface area contributed by atoms with Crippen molar-refractivity contribution < 1.29 is 13.2 Å². The van der Waals surface area contributed by atoms with Crippen molar-refractivity contribution in [1.29, 1.82) is 5.41 Å². The van der Waals surface area contributed by atoms with Crippen molar-refractivity contribution in [2.45, 2.75) is 38.9 Å².